The fourth-order valence-corrected chi connectivity index (χ4v) is 4.29. The molecule has 4 rings (SSSR count). The minimum Gasteiger partial charge on any atom is -0.444 e. The molecule has 8 heteroatoms. The zero-order valence-electron chi connectivity index (χ0n) is 17.4. The summed E-state index contributed by atoms with van der Waals surface area (Å²) in [6, 6.07) is 5.86. The lowest BCUT2D eigenvalue weighted by Gasteiger charge is -2.36. The lowest BCUT2D eigenvalue weighted by molar-refractivity contribution is -0.176. The van der Waals surface area contributed by atoms with Gasteiger partial charge in [0, 0.05) is 6.04 Å². The SMILES string of the molecule is CC(C)(C)OC(=O)NC1CCC2(CC2)CC1C(=O)ON1C(=O)c2ccccc2C1=O. The Morgan fingerprint density at radius 2 is 1.67 bits per heavy atom. The van der Waals surface area contributed by atoms with E-state index >= 15 is 0 Å². The molecular weight excluding hydrogens is 388 g/mol. The first-order valence-corrected chi connectivity index (χ1v) is 10.3. The maximum atomic E-state index is 13.0. The second-order valence-corrected chi connectivity index (χ2v) is 9.46. The number of alkyl carbamates (subject to hydrolysis) is 1. The van der Waals surface area contributed by atoms with Crippen LogP contribution in [-0.2, 0) is 14.4 Å². The third-order valence-corrected chi connectivity index (χ3v) is 6.02. The van der Waals surface area contributed by atoms with Crippen LogP contribution in [0.3, 0.4) is 0 Å². The average molecular weight is 414 g/mol. The molecule has 3 amide bonds. The number of rotatable bonds is 3. The van der Waals surface area contributed by atoms with Gasteiger partial charge in [0.25, 0.3) is 11.8 Å². The number of nitrogens with zero attached hydrogens (tertiary/aromatic N) is 1. The van der Waals surface area contributed by atoms with Gasteiger partial charge < -0.3 is 14.9 Å². The Balaban J connectivity index is 1.48. The normalized spacial score (nSPS) is 24.4. The molecule has 0 saturated heterocycles. The van der Waals surface area contributed by atoms with Gasteiger partial charge in [0.1, 0.15) is 5.60 Å². The molecule has 0 bridgehead atoms. The highest BCUT2D eigenvalue weighted by atomic mass is 16.7. The molecule has 3 aliphatic rings. The number of carbonyl (C=O) groups is 4. The summed E-state index contributed by atoms with van der Waals surface area (Å²) in [5.41, 5.74) is -0.146. The van der Waals surface area contributed by atoms with Crippen molar-refractivity contribution in [3.05, 3.63) is 35.4 Å². The van der Waals surface area contributed by atoms with Crippen LogP contribution in [0.15, 0.2) is 24.3 Å². The van der Waals surface area contributed by atoms with Crippen molar-refractivity contribution in [3.63, 3.8) is 0 Å². The molecule has 2 unspecified atom stereocenters. The third-order valence-electron chi connectivity index (χ3n) is 6.02. The summed E-state index contributed by atoms with van der Waals surface area (Å²) in [5, 5.41) is 3.32. The first-order chi connectivity index (χ1) is 14.1. The molecule has 160 valence electrons. The van der Waals surface area contributed by atoms with Crippen molar-refractivity contribution < 1.29 is 28.8 Å². The number of imide groups is 1. The molecule has 2 fully saturated rings. The quantitative estimate of drug-likeness (QED) is 0.762. The zero-order chi connectivity index (χ0) is 21.7. The van der Waals surface area contributed by atoms with Crippen LogP contribution in [0.5, 0.6) is 0 Å². The molecule has 2 atom stereocenters. The molecule has 0 aromatic heterocycles. The molecular formula is C22H26N2O6. The van der Waals surface area contributed by atoms with Gasteiger partial charge in [-0.3, -0.25) is 9.59 Å². The second kappa shape index (κ2) is 7.11. The van der Waals surface area contributed by atoms with E-state index in [1.54, 1.807) is 32.9 Å². The Morgan fingerprint density at radius 3 is 2.20 bits per heavy atom. The fourth-order valence-electron chi connectivity index (χ4n) is 4.29. The van der Waals surface area contributed by atoms with Gasteiger partial charge in [0.15, 0.2) is 0 Å². The highest BCUT2D eigenvalue weighted by molar-refractivity contribution is 6.20. The van der Waals surface area contributed by atoms with E-state index < -0.39 is 41.4 Å². The number of amides is 3. The van der Waals surface area contributed by atoms with Crippen molar-refractivity contribution >= 4 is 23.9 Å². The highest BCUT2D eigenvalue weighted by Crippen LogP contribution is 2.57. The van der Waals surface area contributed by atoms with Crippen molar-refractivity contribution in [2.24, 2.45) is 11.3 Å². The molecule has 30 heavy (non-hydrogen) atoms. The molecule has 2 saturated carbocycles. The van der Waals surface area contributed by atoms with Gasteiger partial charge in [-0.15, -0.1) is 0 Å². The third kappa shape index (κ3) is 3.91. The minimum atomic E-state index is -0.684. The summed E-state index contributed by atoms with van der Waals surface area (Å²) in [5.74, 6) is -2.65. The van der Waals surface area contributed by atoms with Crippen LogP contribution in [0.1, 0.15) is 73.6 Å². The average Bonchev–Trinajstić information content (AvgIpc) is 3.39. The van der Waals surface area contributed by atoms with E-state index in [-0.39, 0.29) is 16.5 Å². The number of carbonyl (C=O) groups excluding carboxylic acids is 4. The molecule has 0 radical (unpaired) electrons. The highest BCUT2D eigenvalue weighted by Gasteiger charge is 2.52. The number of hydroxylamine groups is 2. The fraction of sp³-hybridized carbons (Fsp3) is 0.545. The van der Waals surface area contributed by atoms with Crippen LogP contribution < -0.4 is 5.32 Å². The lowest BCUT2D eigenvalue weighted by Crippen LogP contribution is -2.50. The first-order valence-electron chi connectivity index (χ1n) is 10.3. The van der Waals surface area contributed by atoms with Gasteiger partial charge in [-0.05, 0) is 70.4 Å². The summed E-state index contributed by atoms with van der Waals surface area (Å²) in [6.45, 7) is 5.29. The predicted octanol–water partition coefficient (Wildman–Crippen LogP) is 3.21. The Bertz CT molecular complexity index is 879. The van der Waals surface area contributed by atoms with Crippen molar-refractivity contribution in [3.8, 4) is 0 Å². The Kier molecular flexibility index (Phi) is 4.83. The van der Waals surface area contributed by atoms with Gasteiger partial charge in [0.2, 0.25) is 0 Å². The van der Waals surface area contributed by atoms with E-state index in [2.05, 4.69) is 5.32 Å². The number of fused-ring (bicyclic) bond motifs is 1. The maximum absolute atomic E-state index is 13.0. The summed E-state index contributed by atoms with van der Waals surface area (Å²) < 4.78 is 5.33. The number of benzene rings is 1. The van der Waals surface area contributed by atoms with Gasteiger partial charge in [-0.2, -0.15) is 0 Å². The number of hydrogen-bond acceptors (Lipinski definition) is 6. The van der Waals surface area contributed by atoms with Crippen LogP contribution in [0.2, 0.25) is 0 Å². The van der Waals surface area contributed by atoms with Gasteiger partial charge in [-0.25, -0.2) is 9.59 Å². The van der Waals surface area contributed by atoms with Gasteiger partial charge >= 0.3 is 12.1 Å². The van der Waals surface area contributed by atoms with Crippen LogP contribution in [0.25, 0.3) is 0 Å². The number of hydrogen-bond donors (Lipinski definition) is 1. The topological polar surface area (TPSA) is 102 Å². The molecule has 2 aliphatic carbocycles. The van der Waals surface area contributed by atoms with Gasteiger partial charge in [-0.1, -0.05) is 17.2 Å². The monoisotopic (exact) mass is 414 g/mol. The summed E-state index contributed by atoms with van der Waals surface area (Å²) in [6.07, 6.45) is 3.53. The Morgan fingerprint density at radius 1 is 1.07 bits per heavy atom. The van der Waals surface area contributed by atoms with Crippen molar-refractivity contribution in [1.29, 1.82) is 0 Å². The van der Waals surface area contributed by atoms with Crippen molar-refractivity contribution in [2.75, 3.05) is 0 Å². The maximum Gasteiger partial charge on any atom is 0.407 e. The molecule has 1 aliphatic heterocycles. The molecule has 1 spiro atoms. The number of ether oxygens (including phenoxy) is 1. The number of nitrogens with one attached hydrogen (secondary N) is 1. The molecule has 1 aromatic rings. The smallest absolute Gasteiger partial charge is 0.407 e. The summed E-state index contributed by atoms with van der Waals surface area (Å²) >= 11 is 0. The van der Waals surface area contributed by atoms with Crippen LogP contribution >= 0.6 is 0 Å². The summed E-state index contributed by atoms with van der Waals surface area (Å²) in [7, 11) is 0. The molecule has 1 heterocycles. The Labute approximate surface area is 174 Å². The minimum absolute atomic E-state index is 0.0950. The molecule has 1 aromatic carbocycles. The Hall–Kier alpha value is -2.90. The largest absolute Gasteiger partial charge is 0.444 e. The van der Waals surface area contributed by atoms with E-state index in [1.807, 2.05) is 0 Å². The zero-order valence-corrected chi connectivity index (χ0v) is 17.4. The van der Waals surface area contributed by atoms with Gasteiger partial charge in [0.05, 0.1) is 17.0 Å². The second-order valence-electron chi connectivity index (χ2n) is 9.46. The van der Waals surface area contributed by atoms with E-state index in [0.717, 1.165) is 19.3 Å². The van der Waals surface area contributed by atoms with E-state index in [0.29, 0.717) is 17.9 Å². The van der Waals surface area contributed by atoms with Crippen LogP contribution in [0.4, 0.5) is 4.79 Å². The molecule has 1 N–H and O–H groups in total. The standard InChI is InChI=1S/C22H26N2O6/c1-21(2,3)29-20(28)23-16-8-9-22(10-11-22)12-15(16)19(27)30-24-17(25)13-6-4-5-7-14(13)18(24)26/h4-7,15-16H,8-12H2,1-3H3,(H,23,28). The van der Waals surface area contributed by atoms with Crippen LogP contribution in [0, 0.1) is 11.3 Å². The first kappa shape index (κ1) is 20.4. The van der Waals surface area contributed by atoms with Crippen molar-refractivity contribution in [1.82, 2.24) is 10.4 Å². The summed E-state index contributed by atoms with van der Waals surface area (Å²) in [4.78, 5) is 55.6. The molecule has 8 nitrogen and oxygen atoms in total. The van der Waals surface area contributed by atoms with E-state index in [9.17, 15) is 19.2 Å². The lowest BCUT2D eigenvalue weighted by atomic mass is 9.76. The predicted molar refractivity (Wildman–Crippen MR) is 105 cm³/mol. The van der Waals surface area contributed by atoms with E-state index in [1.165, 1.54) is 12.1 Å². The van der Waals surface area contributed by atoms with Crippen LogP contribution in [-0.4, -0.2) is 40.6 Å². The van der Waals surface area contributed by atoms with Crippen molar-refractivity contribution in [2.45, 2.75) is 64.5 Å². The van der Waals surface area contributed by atoms with E-state index in [4.69, 9.17) is 9.57 Å².